The van der Waals surface area contributed by atoms with E-state index in [0.29, 0.717) is 12.8 Å². The molecule has 0 amide bonds. The van der Waals surface area contributed by atoms with Crippen LogP contribution in [0.15, 0.2) is 48.6 Å². The van der Waals surface area contributed by atoms with Crippen molar-refractivity contribution >= 4 is 12.0 Å². The molecule has 0 radical (unpaired) electrons. The van der Waals surface area contributed by atoms with Gasteiger partial charge in [0, 0.05) is 5.57 Å². The van der Waals surface area contributed by atoms with Crippen LogP contribution in [0.3, 0.4) is 0 Å². The monoisotopic (exact) mass is 202 g/mol. The molecule has 1 N–H and O–H groups in total. The van der Waals surface area contributed by atoms with Gasteiger partial charge in [0.05, 0.1) is 0 Å². The van der Waals surface area contributed by atoms with E-state index in [1.807, 2.05) is 42.5 Å². The second kappa shape index (κ2) is 5.81. The van der Waals surface area contributed by atoms with E-state index in [9.17, 15) is 4.79 Å². The molecule has 0 bridgehead atoms. The zero-order valence-corrected chi connectivity index (χ0v) is 8.52. The molecule has 78 valence electrons. The van der Waals surface area contributed by atoms with Crippen molar-refractivity contribution in [2.45, 2.75) is 12.8 Å². The van der Waals surface area contributed by atoms with E-state index in [0.717, 1.165) is 5.56 Å². The summed E-state index contributed by atoms with van der Waals surface area (Å²) >= 11 is 0. The molecule has 0 spiro atoms. The van der Waals surface area contributed by atoms with Gasteiger partial charge in [-0.25, -0.2) is 4.79 Å². The lowest BCUT2D eigenvalue weighted by molar-refractivity contribution is -0.132. The highest BCUT2D eigenvalue weighted by atomic mass is 16.4. The van der Waals surface area contributed by atoms with Crippen molar-refractivity contribution < 1.29 is 9.90 Å². The summed E-state index contributed by atoms with van der Waals surface area (Å²) in [7, 11) is 0. The normalized spacial score (nSPS) is 10.4. The van der Waals surface area contributed by atoms with Crippen LogP contribution in [-0.4, -0.2) is 11.1 Å². The predicted molar refractivity (Wildman–Crippen MR) is 61.5 cm³/mol. The van der Waals surface area contributed by atoms with Crippen molar-refractivity contribution in [1.29, 1.82) is 0 Å². The van der Waals surface area contributed by atoms with Gasteiger partial charge in [-0.3, -0.25) is 0 Å². The van der Waals surface area contributed by atoms with Gasteiger partial charge in [0.15, 0.2) is 0 Å². The molecule has 0 aliphatic rings. The lowest BCUT2D eigenvalue weighted by Gasteiger charge is -1.95. The van der Waals surface area contributed by atoms with Gasteiger partial charge in [0.25, 0.3) is 0 Å². The fraction of sp³-hybridized carbons (Fsp3) is 0.154. The average molecular weight is 202 g/mol. The van der Waals surface area contributed by atoms with Crippen LogP contribution in [0.2, 0.25) is 0 Å². The highest BCUT2D eigenvalue weighted by molar-refractivity contribution is 5.85. The summed E-state index contributed by atoms with van der Waals surface area (Å²) < 4.78 is 0. The minimum absolute atomic E-state index is 0.257. The number of allylic oxidation sites excluding steroid dienone is 1. The Morgan fingerprint density at radius 3 is 2.60 bits per heavy atom. The molecule has 0 unspecified atom stereocenters. The zero-order chi connectivity index (χ0) is 11.1. The maximum absolute atomic E-state index is 10.4. The average Bonchev–Trinajstić information content (AvgIpc) is 2.25. The lowest BCUT2D eigenvalue weighted by atomic mass is 10.1. The summed E-state index contributed by atoms with van der Waals surface area (Å²) in [5.41, 5.74) is 1.38. The van der Waals surface area contributed by atoms with Gasteiger partial charge in [0.2, 0.25) is 0 Å². The van der Waals surface area contributed by atoms with Gasteiger partial charge in [0.1, 0.15) is 0 Å². The fourth-order valence-electron chi connectivity index (χ4n) is 1.15. The number of carboxylic acid groups (broad SMARTS) is 1. The third-order valence-corrected chi connectivity index (χ3v) is 2.03. The summed E-state index contributed by atoms with van der Waals surface area (Å²) in [5.74, 6) is -0.914. The Bertz CT molecular complexity index is 363. The van der Waals surface area contributed by atoms with Gasteiger partial charge < -0.3 is 5.11 Å². The third kappa shape index (κ3) is 4.27. The molecule has 0 aliphatic carbocycles. The number of carboxylic acids is 1. The van der Waals surface area contributed by atoms with Crippen molar-refractivity contribution in [3.8, 4) is 0 Å². The van der Waals surface area contributed by atoms with Crippen LogP contribution >= 0.6 is 0 Å². The molecule has 0 aromatic heterocycles. The fourth-order valence-corrected chi connectivity index (χ4v) is 1.15. The number of carbonyl (C=O) groups is 1. The van der Waals surface area contributed by atoms with E-state index in [4.69, 9.17) is 5.11 Å². The Morgan fingerprint density at radius 1 is 1.33 bits per heavy atom. The largest absolute Gasteiger partial charge is 0.478 e. The Hall–Kier alpha value is -1.83. The van der Waals surface area contributed by atoms with Crippen molar-refractivity contribution in [3.05, 3.63) is 54.1 Å². The van der Waals surface area contributed by atoms with E-state index < -0.39 is 5.97 Å². The standard InChI is InChI=1S/C13H14O2/c1-11(13(14)15)7-5-6-10-12-8-3-2-4-9-12/h2-4,6,8-10H,1,5,7H2,(H,14,15)/b10-6+. The van der Waals surface area contributed by atoms with Gasteiger partial charge in [-0.1, -0.05) is 49.1 Å². The van der Waals surface area contributed by atoms with Crippen LogP contribution in [-0.2, 0) is 4.79 Å². The molecule has 15 heavy (non-hydrogen) atoms. The highest BCUT2D eigenvalue weighted by Gasteiger charge is 2.00. The topological polar surface area (TPSA) is 37.3 Å². The number of hydrogen-bond donors (Lipinski definition) is 1. The van der Waals surface area contributed by atoms with Crippen molar-refractivity contribution in [2.24, 2.45) is 0 Å². The molecule has 0 atom stereocenters. The quantitative estimate of drug-likeness (QED) is 0.745. The summed E-state index contributed by atoms with van der Waals surface area (Å²) in [6, 6.07) is 9.90. The molecule has 0 fully saturated rings. The molecular weight excluding hydrogens is 188 g/mol. The molecular formula is C13H14O2. The Morgan fingerprint density at radius 2 is 2.00 bits per heavy atom. The molecule has 2 heteroatoms. The van der Waals surface area contributed by atoms with Crippen LogP contribution in [0, 0.1) is 0 Å². The van der Waals surface area contributed by atoms with E-state index in [1.54, 1.807) is 0 Å². The Kier molecular flexibility index (Phi) is 4.35. The van der Waals surface area contributed by atoms with Gasteiger partial charge >= 0.3 is 5.97 Å². The van der Waals surface area contributed by atoms with Gasteiger partial charge in [-0.2, -0.15) is 0 Å². The maximum Gasteiger partial charge on any atom is 0.330 e. The van der Waals surface area contributed by atoms with E-state index in [1.165, 1.54) is 0 Å². The van der Waals surface area contributed by atoms with Gasteiger partial charge in [-0.05, 0) is 18.4 Å². The number of aliphatic carboxylic acids is 1. The van der Waals surface area contributed by atoms with Crippen molar-refractivity contribution in [3.63, 3.8) is 0 Å². The lowest BCUT2D eigenvalue weighted by Crippen LogP contribution is -1.97. The van der Waals surface area contributed by atoms with Gasteiger partial charge in [-0.15, -0.1) is 0 Å². The molecule has 0 aliphatic heterocycles. The summed E-state index contributed by atoms with van der Waals surface area (Å²) in [5, 5.41) is 8.57. The first-order valence-electron chi connectivity index (χ1n) is 4.83. The van der Waals surface area contributed by atoms with Crippen molar-refractivity contribution in [1.82, 2.24) is 0 Å². The molecule has 1 aromatic rings. The van der Waals surface area contributed by atoms with Crippen LogP contribution in [0.1, 0.15) is 18.4 Å². The number of benzene rings is 1. The summed E-state index contributed by atoms with van der Waals surface area (Å²) in [6.07, 6.45) is 5.15. The van der Waals surface area contributed by atoms with Crippen LogP contribution < -0.4 is 0 Å². The first kappa shape index (κ1) is 11.2. The number of hydrogen-bond acceptors (Lipinski definition) is 1. The molecule has 2 nitrogen and oxygen atoms in total. The summed E-state index contributed by atoms with van der Waals surface area (Å²) in [4.78, 5) is 10.4. The maximum atomic E-state index is 10.4. The van der Waals surface area contributed by atoms with Crippen LogP contribution in [0.25, 0.3) is 6.08 Å². The minimum atomic E-state index is -0.914. The first-order valence-corrected chi connectivity index (χ1v) is 4.83. The van der Waals surface area contributed by atoms with Crippen molar-refractivity contribution in [2.75, 3.05) is 0 Å². The Balaban J connectivity index is 2.35. The second-order valence-corrected chi connectivity index (χ2v) is 3.26. The molecule has 0 saturated carbocycles. The van der Waals surface area contributed by atoms with Crippen LogP contribution in [0.5, 0.6) is 0 Å². The number of rotatable bonds is 5. The van der Waals surface area contributed by atoms with E-state index >= 15 is 0 Å². The van der Waals surface area contributed by atoms with E-state index in [2.05, 4.69) is 6.58 Å². The zero-order valence-electron chi connectivity index (χ0n) is 8.52. The minimum Gasteiger partial charge on any atom is -0.478 e. The third-order valence-electron chi connectivity index (χ3n) is 2.03. The van der Waals surface area contributed by atoms with E-state index in [-0.39, 0.29) is 5.57 Å². The molecule has 1 aromatic carbocycles. The predicted octanol–water partition coefficient (Wildman–Crippen LogP) is 3.12. The smallest absolute Gasteiger partial charge is 0.330 e. The van der Waals surface area contributed by atoms with Crippen LogP contribution in [0.4, 0.5) is 0 Å². The molecule has 0 saturated heterocycles. The first-order chi connectivity index (χ1) is 7.20. The summed E-state index contributed by atoms with van der Waals surface area (Å²) in [6.45, 7) is 3.47. The highest BCUT2D eigenvalue weighted by Crippen LogP contribution is 2.06. The molecule has 1 rings (SSSR count). The SMILES string of the molecule is C=C(CC/C=C/c1ccccc1)C(=O)O. The Labute approximate surface area is 89.6 Å². The second-order valence-electron chi connectivity index (χ2n) is 3.26. The molecule has 0 heterocycles.